The summed E-state index contributed by atoms with van der Waals surface area (Å²) in [6, 6.07) is 0.163. The summed E-state index contributed by atoms with van der Waals surface area (Å²) >= 11 is 2.03. The van der Waals surface area contributed by atoms with Crippen molar-refractivity contribution in [1.29, 1.82) is 0 Å². The summed E-state index contributed by atoms with van der Waals surface area (Å²) in [4.78, 5) is 0. The van der Waals surface area contributed by atoms with Gasteiger partial charge in [0.05, 0.1) is 6.20 Å². The van der Waals surface area contributed by atoms with Crippen molar-refractivity contribution in [3.63, 3.8) is 0 Å². The van der Waals surface area contributed by atoms with Gasteiger partial charge in [0.2, 0.25) is 0 Å². The standard InChI is InChI=1S/C12H21N3S/c1-2-6-15-9-10(8-14-15)12(13)11-5-3-4-7-16-11/h8-9,11-12H,2-7,13H2,1H3. The summed E-state index contributed by atoms with van der Waals surface area (Å²) in [6.07, 6.45) is 9.11. The van der Waals surface area contributed by atoms with Crippen molar-refractivity contribution < 1.29 is 0 Å². The molecule has 2 unspecified atom stereocenters. The topological polar surface area (TPSA) is 43.8 Å². The molecule has 0 aromatic carbocycles. The number of nitrogens with two attached hydrogens (primary N) is 1. The van der Waals surface area contributed by atoms with Crippen LogP contribution in [0.1, 0.15) is 44.2 Å². The Kier molecular flexibility index (Phi) is 4.29. The van der Waals surface area contributed by atoms with Crippen molar-refractivity contribution in [2.45, 2.75) is 50.4 Å². The molecule has 4 heteroatoms. The Bertz CT molecular complexity index is 318. The van der Waals surface area contributed by atoms with Crippen LogP contribution < -0.4 is 5.73 Å². The zero-order valence-corrected chi connectivity index (χ0v) is 10.7. The number of nitrogens with zero attached hydrogens (tertiary/aromatic N) is 2. The molecule has 0 spiro atoms. The fraction of sp³-hybridized carbons (Fsp3) is 0.750. The molecule has 3 nitrogen and oxygen atoms in total. The van der Waals surface area contributed by atoms with Gasteiger partial charge in [-0.2, -0.15) is 16.9 Å². The summed E-state index contributed by atoms with van der Waals surface area (Å²) < 4.78 is 2.00. The van der Waals surface area contributed by atoms with Gasteiger partial charge in [-0.1, -0.05) is 13.3 Å². The molecule has 0 radical (unpaired) electrons. The second-order valence-corrected chi connectivity index (χ2v) is 5.81. The summed E-state index contributed by atoms with van der Waals surface area (Å²) in [5, 5.41) is 4.94. The van der Waals surface area contributed by atoms with Gasteiger partial charge in [-0.3, -0.25) is 4.68 Å². The molecule has 1 aliphatic heterocycles. The third-order valence-electron chi connectivity index (χ3n) is 3.11. The molecule has 0 bridgehead atoms. The van der Waals surface area contributed by atoms with Crippen LogP contribution in [0.3, 0.4) is 0 Å². The van der Waals surface area contributed by atoms with Crippen molar-refractivity contribution >= 4 is 11.8 Å². The fourth-order valence-electron chi connectivity index (χ4n) is 2.17. The molecule has 1 fully saturated rings. The highest BCUT2D eigenvalue weighted by atomic mass is 32.2. The van der Waals surface area contributed by atoms with Crippen LogP contribution in [-0.2, 0) is 6.54 Å². The van der Waals surface area contributed by atoms with E-state index >= 15 is 0 Å². The van der Waals surface area contributed by atoms with Gasteiger partial charge >= 0.3 is 0 Å². The number of aryl methyl sites for hydroxylation is 1. The Balaban J connectivity index is 1.98. The molecule has 0 saturated carbocycles. The number of rotatable bonds is 4. The van der Waals surface area contributed by atoms with E-state index in [1.807, 2.05) is 22.6 Å². The van der Waals surface area contributed by atoms with Crippen LogP contribution in [0.4, 0.5) is 0 Å². The van der Waals surface area contributed by atoms with Gasteiger partial charge in [-0.25, -0.2) is 0 Å². The highest BCUT2D eigenvalue weighted by molar-refractivity contribution is 8.00. The van der Waals surface area contributed by atoms with E-state index in [0.29, 0.717) is 5.25 Å². The number of thioether (sulfide) groups is 1. The van der Waals surface area contributed by atoms with Crippen LogP contribution in [0.2, 0.25) is 0 Å². The van der Waals surface area contributed by atoms with Gasteiger partial charge in [0.15, 0.2) is 0 Å². The average Bonchev–Trinajstić information content (AvgIpc) is 2.78. The first-order valence-electron chi connectivity index (χ1n) is 6.21. The van der Waals surface area contributed by atoms with E-state index in [4.69, 9.17) is 5.73 Å². The van der Waals surface area contributed by atoms with E-state index in [0.717, 1.165) is 13.0 Å². The van der Waals surface area contributed by atoms with Crippen molar-refractivity contribution in [3.8, 4) is 0 Å². The molecule has 16 heavy (non-hydrogen) atoms. The molecular weight excluding hydrogens is 218 g/mol. The van der Waals surface area contributed by atoms with Gasteiger partial charge < -0.3 is 5.73 Å². The molecule has 0 aliphatic carbocycles. The summed E-state index contributed by atoms with van der Waals surface area (Å²) in [6.45, 7) is 3.16. The van der Waals surface area contributed by atoms with Gasteiger partial charge in [0.25, 0.3) is 0 Å². The van der Waals surface area contributed by atoms with Gasteiger partial charge in [0, 0.05) is 29.6 Å². The van der Waals surface area contributed by atoms with Crippen molar-refractivity contribution in [1.82, 2.24) is 9.78 Å². The zero-order valence-electron chi connectivity index (χ0n) is 9.93. The third-order valence-corrected chi connectivity index (χ3v) is 4.59. The Hall–Kier alpha value is -0.480. The molecule has 1 saturated heterocycles. The van der Waals surface area contributed by atoms with Gasteiger partial charge in [-0.15, -0.1) is 0 Å². The minimum atomic E-state index is 0.163. The quantitative estimate of drug-likeness (QED) is 0.878. The first-order chi connectivity index (χ1) is 7.81. The van der Waals surface area contributed by atoms with Crippen molar-refractivity contribution in [2.75, 3.05) is 5.75 Å². The molecule has 1 aliphatic rings. The lowest BCUT2D eigenvalue weighted by Gasteiger charge is -2.26. The van der Waals surface area contributed by atoms with Crippen LogP contribution in [-0.4, -0.2) is 20.8 Å². The molecular formula is C12H21N3S. The Morgan fingerprint density at radius 2 is 2.50 bits per heavy atom. The van der Waals surface area contributed by atoms with E-state index in [9.17, 15) is 0 Å². The second-order valence-electron chi connectivity index (χ2n) is 4.47. The van der Waals surface area contributed by atoms with E-state index in [2.05, 4.69) is 18.2 Å². The monoisotopic (exact) mass is 239 g/mol. The molecule has 90 valence electrons. The van der Waals surface area contributed by atoms with E-state index in [1.54, 1.807) is 0 Å². The second kappa shape index (κ2) is 5.73. The lowest BCUT2D eigenvalue weighted by Crippen LogP contribution is -2.25. The van der Waals surface area contributed by atoms with Crippen molar-refractivity contribution in [3.05, 3.63) is 18.0 Å². The highest BCUT2D eigenvalue weighted by Crippen LogP contribution is 2.33. The normalized spacial score (nSPS) is 23.2. The maximum atomic E-state index is 6.31. The van der Waals surface area contributed by atoms with Crippen LogP contribution in [0.25, 0.3) is 0 Å². The largest absolute Gasteiger partial charge is 0.323 e. The lowest BCUT2D eigenvalue weighted by atomic mass is 10.0. The van der Waals surface area contributed by atoms with Crippen molar-refractivity contribution in [2.24, 2.45) is 5.73 Å². The summed E-state index contributed by atoms with van der Waals surface area (Å²) in [7, 11) is 0. The molecule has 2 N–H and O–H groups in total. The molecule has 2 rings (SSSR count). The number of aromatic nitrogens is 2. The number of hydrogen-bond acceptors (Lipinski definition) is 3. The van der Waals surface area contributed by atoms with Crippen LogP contribution in [0.5, 0.6) is 0 Å². The minimum Gasteiger partial charge on any atom is -0.323 e. The molecule has 2 atom stereocenters. The lowest BCUT2D eigenvalue weighted by molar-refractivity contribution is 0.577. The number of hydrogen-bond donors (Lipinski definition) is 1. The predicted octanol–water partition coefficient (Wildman–Crippen LogP) is 2.58. The first kappa shape index (κ1) is 12.0. The minimum absolute atomic E-state index is 0.163. The predicted molar refractivity (Wildman–Crippen MR) is 69.5 cm³/mol. The molecule has 0 amide bonds. The molecule has 1 aromatic rings. The SMILES string of the molecule is CCCn1cc(C(N)C2CCCCS2)cn1. The van der Waals surface area contributed by atoms with E-state index in [-0.39, 0.29) is 6.04 Å². The maximum Gasteiger partial charge on any atom is 0.0537 e. The van der Waals surface area contributed by atoms with Crippen LogP contribution in [0.15, 0.2) is 12.4 Å². The Morgan fingerprint density at radius 1 is 1.62 bits per heavy atom. The summed E-state index contributed by atoms with van der Waals surface area (Å²) in [5.41, 5.74) is 7.51. The molecule has 2 heterocycles. The Labute approximate surface area is 102 Å². The fourth-order valence-corrected chi connectivity index (χ4v) is 3.54. The zero-order chi connectivity index (χ0) is 11.4. The van der Waals surface area contributed by atoms with Gasteiger partial charge in [-0.05, 0) is 25.0 Å². The average molecular weight is 239 g/mol. The third kappa shape index (κ3) is 2.80. The molecule has 1 aromatic heterocycles. The van der Waals surface area contributed by atoms with Gasteiger partial charge in [0.1, 0.15) is 0 Å². The first-order valence-corrected chi connectivity index (χ1v) is 7.25. The Morgan fingerprint density at radius 3 is 3.19 bits per heavy atom. The highest BCUT2D eigenvalue weighted by Gasteiger charge is 2.23. The summed E-state index contributed by atoms with van der Waals surface area (Å²) in [5.74, 6) is 1.27. The van der Waals surface area contributed by atoms with Crippen LogP contribution >= 0.6 is 11.8 Å². The van der Waals surface area contributed by atoms with Crippen LogP contribution in [0, 0.1) is 0 Å². The smallest absolute Gasteiger partial charge is 0.0537 e. The van der Waals surface area contributed by atoms with E-state index < -0.39 is 0 Å². The maximum absolute atomic E-state index is 6.31. The van der Waals surface area contributed by atoms with E-state index in [1.165, 1.54) is 30.6 Å².